The van der Waals surface area contributed by atoms with Crippen LogP contribution >= 0.6 is 0 Å². The van der Waals surface area contributed by atoms with Crippen LogP contribution in [0.4, 0.5) is 4.39 Å². The van der Waals surface area contributed by atoms with E-state index in [9.17, 15) is 9.18 Å². The van der Waals surface area contributed by atoms with Crippen molar-refractivity contribution in [2.45, 2.75) is 45.2 Å². The van der Waals surface area contributed by atoms with Crippen LogP contribution in [0.25, 0.3) is 11.0 Å². The number of likely N-dealkylation sites (tertiary alicyclic amines) is 1. The molecule has 1 fully saturated rings. The minimum Gasteiger partial charge on any atom is -0.350 e. The third-order valence-corrected chi connectivity index (χ3v) is 4.22. The second-order valence-electron chi connectivity index (χ2n) is 7.47. The molecule has 0 aliphatic carbocycles. The van der Waals surface area contributed by atoms with Crippen LogP contribution in [0, 0.1) is 5.82 Å². The fraction of sp³-hybridized carbons (Fsp3) is 0.588. The Morgan fingerprint density at radius 2 is 2.04 bits per heavy atom. The SMILES string of the molecule is CC(C)(C)NC(=O)CN1CCC(n2nnc3cc(F)ccc32)CC1. The van der Waals surface area contributed by atoms with E-state index in [4.69, 9.17) is 0 Å². The van der Waals surface area contributed by atoms with E-state index < -0.39 is 0 Å². The molecular weight excluding hydrogens is 309 g/mol. The Kier molecular flexibility index (Phi) is 4.54. The highest BCUT2D eigenvalue weighted by atomic mass is 19.1. The summed E-state index contributed by atoms with van der Waals surface area (Å²) in [6.45, 7) is 8.05. The molecule has 6 nitrogen and oxygen atoms in total. The summed E-state index contributed by atoms with van der Waals surface area (Å²) in [5.74, 6) is -0.239. The molecule has 1 aliphatic heterocycles. The first-order chi connectivity index (χ1) is 11.3. The van der Waals surface area contributed by atoms with Crippen molar-refractivity contribution in [2.24, 2.45) is 0 Å². The van der Waals surface area contributed by atoms with Crippen LogP contribution in [0.1, 0.15) is 39.7 Å². The molecule has 1 amide bonds. The molecule has 0 unspecified atom stereocenters. The maximum absolute atomic E-state index is 13.3. The number of nitrogens with zero attached hydrogens (tertiary/aromatic N) is 4. The van der Waals surface area contributed by atoms with E-state index in [-0.39, 0.29) is 23.3 Å². The van der Waals surface area contributed by atoms with Crippen LogP contribution in [-0.4, -0.2) is 51.0 Å². The van der Waals surface area contributed by atoms with Gasteiger partial charge in [0.05, 0.1) is 18.1 Å². The van der Waals surface area contributed by atoms with Crippen molar-refractivity contribution in [3.05, 3.63) is 24.0 Å². The van der Waals surface area contributed by atoms with Crippen LogP contribution in [0.15, 0.2) is 18.2 Å². The Morgan fingerprint density at radius 1 is 1.33 bits per heavy atom. The zero-order valence-corrected chi connectivity index (χ0v) is 14.4. The molecule has 1 aromatic carbocycles. The Morgan fingerprint density at radius 3 is 2.71 bits per heavy atom. The number of fused-ring (bicyclic) bond motifs is 1. The normalized spacial score (nSPS) is 17.3. The number of carbonyl (C=O) groups is 1. The summed E-state index contributed by atoms with van der Waals surface area (Å²) in [4.78, 5) is 14.2. The number of benzene rings is 1. The van der Waals surface area contributed by atoms with Crippen molar-refractivity contribution in [2.75, 3.05) is 19.6 Å². The third kappa shape index (κ3) is 3.90. The lowest BCUT2D eigenvalue weighted by atomic mass is 10.0. The highest BCUT2D eigenvalue weighted by molar-refractivity contribution is 5.78. The van der Waals surface area contributed by atoms with Crippen LogP contribution < -0.4 is 5.32 Å². The van der Waals surface area contributed by atoms with Crippen LogP contribution in [0.2, 0.25) is 0 Å². The molecule has 0 spiro atoms. The molecule has 1 aliphatic rings. The molecule has 1 N–H and O–H groups in total. The number of rotatable bonds is 3. The summed E-state index contributed by atoms with van der Waals surface area (Å²) in [7, 11) is 0. The zero-order chi connectivity index (χ0) is 17.3. The zero-order valence-electron chi connectivity index (χ0n) is 14.4. The number of aromatic nitrogens is 3. The van der Waals surface area contributed by atoms with Gasteiger partial charge in [-0.2, -0.15) is 0 Å². The molecule has 0 saturated carbocycles. The van der Waals surface area contributed by atoms with Gasteiger partial charge in [-0.3, -0.25) is 9.69 Å². The lowest BCUT2D eigenvalue weighted by Crippen LogP contribution is -2.47. The van der Waals surface area contributed by atoms with Crippen molar-refractivity contribution in [3.63, 3.8) is 0 Å². The maximum atomic E-state index is 13.3. The lowest BCUT2D eigenvalue weighted by molar-refractivity contribution is -0.124. The van der Waals surface area contributed by atoms with Crippen LogP contribution in [0.3, 0.4) is 0 Å². The molecular formula is C17H24FN5O. The van der Waals surface area contributed by atoms with Gasteiger partial charge in [-0.1, -0.05) is 5.21 Å². The summed E-state index contributed by atoms with van der Waals surface area (Å²) in [6.07, 6.45) is 1.80. The van der Waals surface area contributed by atoms with Gasteiger partial charge in [-0.25, -0.2) is 9.07 Å². The average molecular weight is 333 g/mol. The molecule has 3 rings (SSSR count). The van der Waals surface area contributed by atoms with E-state index in [1.807, 2.05) is 25.5 Å². The average Bonchev–Trinajstić information content (AvgIpc) is 2.89. The van der Waals surface area contributed by atoms with Crippen molar-refractivity contribution in [3.8, 4) is 0 Å². The smallest absolute Gasteiger partial charge is 0.234 e. The molecule has 0 radical (unpaired) electrons. The van der Waals surface area contributed by atoms with E-state index in [0.29, 0.717) is 12.1 Å². The molecule has 0 atom stereocenters. The summed E-state index contributed by atoms with van der Waals surface area (Å²) in [5, 5.41) is 11.2. The van der Waals surface area contributed by atoms with Gasteiger partial charge in [0.2, 0.25) is 5.91 Å². The Bertz CT molecular complexity index is 728. The second-order valence-corrected chi connectivity index (χ2v) is 7.47. The number of amides is 1. The first kappa shape index (κ1) is 16.8. The first-order valence-corrected chi connectivity index (χ1v) is 8.36. The standard InChI is InChI=1S/C17H24FN5O/c1-17(2,3)19-16(24)11-22-8-6-13(7-9-22)23-15-5-4-12(18)10-14(15)20-21-23/h4-5,10,13H,6-9,11H2,1-3H3,(H,19,24). The monoisotopic (exact) mass is 333 g/mol. The Labute approximate surface area is 141 Å². The third-order valence-electron chi connectivity index (χ3n) is 4.22. The second kappa shape index (κ2) is 6.47. The summed E-state index contributed by atoms with van der Waals surface area (Å²) < 4.78 is 15.1. The minimum atomic E-state index is -0.297. The quantitative estimate of drug-likeness (QED) is 0.934. The van der Waals surface area contributed by atoms with Crippen LogP contribution in [0.5, 0.6) is 0 Å². The predicted molar refractivity (Wildman–Crippen MR) is 90.1 cm³/mol. The van der Waals surface area contributed by atoms with E-state index in [2.05, 4.69) is 20.5 Å². The van der Waals surface area contributed by atoms with Crippen molar-refractivity contribution in [1.82, 2.24) is 25.2 Å². The molecule has 130 valence electrons. The maximum Gasteiger partial charge on any atom is 0.234 e. The number of nitrogens with one attached hydrogen (secondary N) is 1. The molecule has 2 aromatic rings. The number of hydrogen-bond donors (Lipinski definition) is 1. The Hall–Kier alpha value is -2.02. The van der Waals surface area contributed by atoms with Crippen molar-refractivity contribution in [1.29, 1.82) is 0 Å². The van der Waals surface area contributed by atoms with Gasteiger partial charge in [0.1, 0.15) is 11.3 Å². The number of hydrogen-bond acceptors (Lipinski definition) is 4. The largest absolute Gasteiger partial charge is 0.350 e. The molecule has 2 heterocycles. The van der Waals surface area contributed by atoms with E-state index in [1.54, 1.807) is 6.07 Å². The van der Waals surface area contributed by atoms with Crippen molar-refractivity contribution >= 4 is 16.9 Å². The first-order valence-electron chi connectivity index (χ1n) is 8.36. The summed E-state index contributed by atoms with van der Waals surface area (Å²) in [5.41, 5.74) is 1.24. The Balaban J connectivity index is 1.59. The predicted octanol–water partition coefficient (Wildman–Crippen LogP) is 2.12. The van der Waals surface area contributed by atoms with Gasteiger partial charge in [0.15, 0.2) is 0 Å². The fourth-order valence-electron chi connectivity index (χ4n) is 3.17. The molecule has 1 aromatic heterocycles. The molecule has 7 heteroatoms. The summed E-state index contributed by atoms with van der Waals surface area (Å²) in [6, 6.07) is 4.81. The fourth-order valence-corrected chi connectivity index (χ4v) is 3.17. The molecule has 24 heavy (non-hydrogen) atoms. The van der Waals surface area contributed by atoms with E-state index in [0.717, 1.165) is 31.4 Å². The van der Waals surface area contributed by atoms with Crippen molar-refractivity contribution < 1.29 is 9.18 Å². The van der Waals surface area contributed by atoms with Gasteiger partial charge in [0, 0.05) is 24.7 Å². The lowest BCUT2D eigenvalue weighted by Gasteiger charge is -2.32. The van der Waals surface area contributed by atoms with Crippen LogP contribution in [-0.2, 0) is 4.79 Å². The highest BCUT2D eigenvalue weighted by Gasteiger charge is 2.25. The van der Waals surface area contributed by atoms with Gasteiger partial charge in [0.25, 0.3) is 0 Å². The highest BCUT2D eigenvalue weighted by Crippen LogP contribution is 2.25. The van der Waals surface area contributed by atoms with Gasteiger partial charge < -0.3 is 5.32 Å². The topological polar surface area (TPSA) is 63.1 Å². The van der Waals surface area contributed by atoms with E-state index >= 15 is 0 Å². The number of piperidine rings is 1. The minimum absolute atomic E-state index is 0.0580. The van der Waals surface area contributed by atoms with Gasteiger partial charge >= 0.3 is 0 Å². The number of carbonyl (C=O) groups excluding carboxylic acids is 1. The van der Waals surface area contributed by atoms with Gasteiger partial charge in [-0.15, -0.1) is 5.10 Å². The van der Waals surface area contributed by atoms with Gasteiger partial charge in [-0.05, 0) is 45.7 Å². The molecule has 0 bridgehead atoms. The number of halogens is 1. The van der Waals surface area contributed by atoms with E-state index in [1.165, 1.54) is 12.1 Å². The molecule has 1 saturated heterocycles. The summed E-state index contributed by atoms with van der Waals surface area (Å²) >= 11 is 0.